The second-order valence-electron chi connectivity index (χ2n) is 2.20. The predicted molar refractivity (Wildman–Crippen MR) is 51.0 cm³/mol. The molecule has 2 N–H and O–H groups in total. The average Bonchev–Trinajstić information content (AvgIpc) is 2.03. The highest BCUT2D eigenvalue weighted by molar-refractivity contribution is 5.38. The van der Waals surface area contributed by atoms with Gasteiger partial charge in [0.15, 0.2) is 0 Å². The lowest BCUT2D eigenvalue weighted by Crippen LogP contribution is -1.81. The molecule has 0 unspecified atom stereocenters. The second kappa shape index (κ2) is 5.54. The number of nitrogens with two attached hydrogens (primary N) is 1. The summed E-state index contributed by atoms with van der Waals surface area (Å²) in [5.74, 6) is 0. The Labute approximate surface area is 68.6 Å². The average molecular weight is 149 g/mol. The third-order valence-electron chi connectivity index (χ3n) is 1.38. The Morgan fingerprint density at radius 2 is 2.00 bits per heavy atom. The molecule has 0 fully saturated rings. The molecule has 0 rings (SSSR count). The third-order valence-corrected chi connectivity index (χ3v) is 1.38. The molecule has 0 aliphatic rings. The van der Waals surface area contributed by atoms with E-state index in [0.717, 1.165) is 11.1 Å². The van der Waals surface area contributed by atoms with E-state index in [4.69, 9.17) is 5.73 Å². The lowest BCUT2D eigenvalue weighted by molar-refractivity contribution is 1.43. The van der Waals surface area contributed by atoms with Crippen LogP contribution in [0.25, 0.3) is 0 Å². The van der Waals surface area contributed by atoms with E-state index >= 15 is 0 Å². The molecule has 0 radical (unpaired) electrons. The summed E-state index contributed by atoms with van der Waals surface area (Å²) in [5.41, 5.74) is 7.50. The van der Waals surface area contributed by atoms with E-state index in [1.807, 2.05) is 38.2 Å². The van der Waals surface area contributed by atoms with Gasteiger partial charge in [0.05, 0.1) is 0 Å². The Hall–Kier alpha value is -1.24. The van der Waals surface area contributed by atoms with E-state index in [1.165, 1.54) is 6.20 Å². The number of hydrogen-bond donors (Lipinski definition) is 1. The van der Waals surface area contributed by atoms with Crippen molar-refractivity contribution in [2.45, 2.75) is 13.8 Å². The Bertz CT molecular complexity index is 193. The lowest BCUT2D eigenvalue weighted by Gasteiger charge is -1.96. The van der Waals surface area contributed by atoms with Crippen LogP contribution in [0.15, 0.2) is 48.2 Å². The van der Waals surface area contributed by atoms with Crippen molar-refractivity contribution in [2.75, 3.05) is 0 Å². The molecule has 0 saturated carbocycles. The zero-order valence-corrected chi connectivity index (χ0v) is 7.17. The highest BCUT2D eigenvalue weighted by Gasteiger charge is 1.88. The summed E-state index contributed by atoms with van der Waals surface area (Å²) in [6, 6.07) is 0. The molecule has 0 aliphatic heterocycles. The first-order valence-corrected chi connectivity index (χ1v) is 3.60. The van der Waals surface area contributed by atoms with Crippen LogP contribution in [0.1, 0.15) is 13.8 Å². The van der Waals surface area contributed by atoms with Gasteiger partial charge in [-0.15, -0.1) is 0 Å². The van der Waals surface area contributed by atoms with E-state index in [2.05, 4.69) is 6.58 Å². The maximum absolute atomic E-state index is 5.27. The molecular formula is C10H15N. The monoisotopic (exact) mass is 149 g/mol. The summed E-state index contributed by atoms with van der Waals surface area (Å²) in [7, 11) is 0. The molecule has 0 heterocycles. The first-order valence-electron chi connectivity index (χ1n) is 3.60. The van der Waals surface area contributed by atoms with Gasteiger partial charge in [-0.05, 0) is 37.3 Å². The van der Waals surface area contributed by atoms with Crippen LogP contribution in [0, 0.1) is 0 Å². The van der Waals surface area contributed by atoms with E-state index in [-0.39, 0.29) is 0 Å². The van der Waals surface area contributed by atoms with Gasteiger partial charge in [-0.25, -0.2) is 0 Å². The fourth-order valence-electron chi connectivity index (χ4n) is 0.720. The fraction of sp³-hybridized carbons (Fsp3) is 0.200. The first-order chi connectivity index (χ1) is 5.26. The smallest absolute Gasteiger partial charge is 0.00563 e. The zero-order valence-electron chi connectivity index (χ0n) is 7.17. The van der Waals surface area contributed by atoms with Crippen molar-refractivity contribution in [1.82, 2.24) is 0 Å². The van der Waals surface area contributed by atoms with Gasteiger partial charge in [-0.3, -0.25) is 0 Å². The Kier molecular flexibility index (Phi) is 4.91. The largest absolute Gasteiger partial charge is 0.405 e. The van der Waals surface area contributed by atoms with Crippen molar-refractivity contribution < 1.29 is 0 Å². The molecule has 1 nitrogen and oxygen atoms in total. The summed E-state index contributed by atoms with van der Waals surface area (Å²) >= 11 is 0. The minimum absolute atomic E-state index is 1.10. The molecule has 0 atom stereocenters. The predicted octanol–water partition coefficient (Wildman–Crippen LogP) is 2.54. The molecule has 0 bridgehead atoms. The molecule has 0 saturated heterocycles. The highest BCUT2D eigenvalue weighted by Crippen LogP contribution is 2.07. The van der Waals surface area contributed by atoms with Gasteiger partial charge in [-0.2, -0.15) is 0 Å². The summed E-state index contributed by atoms with van der Waals surface area (Å²) in [5, 5.41) is 0. The Morgan fingerprint density at radius 3 is 2.36 bits per heavy atom. The van der Waals surface area contributed by atoms with Crippen LogP contribution in [0.2, 0.25) is 0 Å². The SMILES string of the molecule is C=C/C(C)=C(\C=C/C)/C=C\N. The van der Waals surface area contributed by atoms with Crippen LogP contribution < -0.4 is 5.73 Å². The van der Waals surface area contributed by atoms with Crippen molar-refractivity contribution in [3.05, 3.63) is 48.2 Å². The first kappa shape index (κ1) is 9.76. The Balaban J connectivity index is 4.70. The van der Waals surface area contributed by atoms with Gasteiger partial charge in [0.2, 0.25) is 0 Å². The van der Waals surface area contributed by atoms with Crippen molar-refractivity contribution in [1.29, 1.82) is 0 Å². The maximum Gasteiger partial charge on any atom is -0.00563 e. The van der Waals surface area contributed by atoms with Gasteiger partial charge in [0.1, 0.15) is 0 Å². The highest BCUT2D eigenvalue weighted by atomic mass is 14.5. The minimum Gasteiger partial charge on any atom is -0.405 e. The van der Waals surface area contributed by atoms with Crippen LogP contribution in [0.4, 0.5) is 0 Å². The van der Waals surface area contributed by atoms with Crippen LogP contribution in [-0.2, 0) is 0 Å². The molecule has 0 amide bonds. The normalized spacial score (nSPS) is 14.0. The van der Waals surface area contributed by atoms with Crippen molar-refractivity contribution in [3.8, 4) is 0 Å². The van der Waals surface area contributed by atoms with Crippen LogP contribution in [0.3, 0.4) is 0 Å². The second-order valence-corrected chi connectivity index (χ2v) is 2.20. The minimum atomic E-state index is 1.10. The standard InChI is InChI=1S/C10H15N/c1-4-6-10(7-8-11)9(3)5-2/h4-8H,2,11H2,1,3H3/b6-4-,8-7-,10-9+. The van der Waals surface area contributed by atoms with E-state index in [9.17, 15) is 0 Å². The zero-order chi connectivity index (χ0) is 8.69. The number of allylic oxidation sites excluding steroid dienone is 6. The van der Waals surface area contributed by atoms with Crippen LogP contribution >= 0.6 is 0 Å². The molecule has 0 aliphatic carbocycles. The maximum atomic E-state index is 5.27. The van der Waals surface area contributed by atoms with Crippen molar-refractivity contribution in [2.24, 2.45) is 5.73 Å². The third kappa shape index (κ3) is 3.46. The van der Waals surface area contributed by atoms with Crippen molar-refractivity contribution in [3.63, 3.8) is 0 Å². The number of hydrogen-bond acceptors (Lipinski definition) is 1. The quantitative estimate of drug-likeness (QED) is 0.613. The molecule has 0 aromatic rings. The Morgan fingerprint density at radius 1 is 1.36 bits per heavy atom. The van der Waals surface area contributed by atoms with E-state index in [0.29, 0.717) is 0 Å². The van der Waals surface area contributed by atoms with Gasteiger partial charge in [-0.1, -0.05) is 24.8 Å². The summed E-state index contributed by atoms with van der Waals surface area (Å²) in [6.07, 6.45) is 9.18. The topological polar surface area (TPSA) is 26.0 Å². The molecule has 1 heteroatoms. The molecule has 0 aromatic heterocycles. The molecule has 0 spiro atoms. The van der Waals surface area contributed by atoms with Gasteiger partial charge in [0, 0.05) is 0 Å². The molecule has 60 valence electrons. The van der Waals surface area contributed by atoms with E-state index < -0.39 is 0 Å². The van der Waals surface area contributed by atoms with Gasteiger partial charge >= 0.3 is 0 Å². The van der Waals surface area contributed by atoms with E-state index in [1.54, 1.807) is 0 Å². The summed E-state index contributed by atoms with van der Waals surface area (Å²) < 4.78 is 0. The fourth-order valence-corrected chi connectivity index (χ4v) is 0.720. The summed E-state index contributed by atoms with van der Waals surface area (Å²) in [6.45, 7) is 7.65. The molecule has 0 aromatic carbocycles. The van der Waals surface area contributed by atoms with Gasteiger partial charge in [0.25, 0.3) is 0 Å². The molecule has 11 heavy (non-hydrogen) atoms. The lowest BCUT2D eigenvalue weighted by atomic mass is 10.1. The van der Waals surface area contributed by atoms with Crippen molar-refractivity contribution >= 4 is 0 Å². The summed E-state index contributed by atoms with van der Waals surface area (Å²) in [4.78, 5) is 0. The number of rotatable bonds is 3. The van der Waals surface area contributed by atoms with Gasteiger partial charge < -0.3 is 5.73 Å². The van der Waals surface area contributed by atoms with Crippen LogP contribution in [0.5, 0.6) is 0 Å². The molecular weight excluding hydrogens is 134 g/mol. The van der Waals surface area contributed by atoms with Crippen LogP contribution in [-0.4, -0.2) is 0 Å².